The number of urea groups is 1. The quantitative estimate of drug-likeness (QED) is 0.0259. The lowest BCUT2D eigenvalue weighted by molar-refractivity contribution is -0.143. The molecule has 0 saturated carbocycles. The van der Waals surface area contributed by atoms with Crippen LogP contribution in [0.4, 0.5) is 15.3 Å². The zero-order chi connectivity index (χ0) is 84.6. The molecule has 0 aliphatic carbocycles. The number of aromatic nitrogens is 1. The molecule has 113 heavy (non-hydrogen) atoms. The van der Waals surface area contributed by atoms with Gasteiger partial charge in [-0.2, -0.15) is 0 Å². The van der Waals surface area contributed by atoms with Gasteiger partial charge in [0.15, 0.2) is 11.6 Å². The van der Waals surface area contributed by atoms with Gasteiger partial charge in [0.05, 0.1) is 29.6 Å². The minimum absolute atomic E-state index is 0.0102. The van der Waals surface area contributed by atoms with Crippen LogP contribution < -0.4 is 21.7 Å². The van der Waals surface area contributed by atoms with Gasteiger partial charge in [-0.25, -0.2) is 14.6 Å². The molecule has 26 nitrogen and oxygen atoms in total. The highest BCUT2D eigenvalue weighted by Gasteiger charge is 2.43. The van der Waals surface area contributed by atoms with Gasteiger partial charge in [0.1, 0.15) is 11.6 Å². The van der Waals surface area contributed by atoms with E-state index < -0.39 is 54.0 Å². The van der Waals surface area contributed by atoms with Gasteiger partial charge in [0.25, 0.3) is 5.91 Å². The molecule has 12 atom stereocenters. The summed E-state index contributed by atoms with van der Waals surface area (Å²) in [5.41, 5.74) is 7.55. The van der Waals surface area contributed by atoms with Crippen LogP contribution in [0.3, 0.4) is 0 Å². The zero-order valence-electron chi connectivity index (χ0n) is 71.3. The molecular weight excluding hydrogens is 1460 g/mol. The normalized spacial score (nSPS) is 17.6. The number of unbranched alkanes of at least 4 members (excludes halogenated alkanes) is 2. The average molecular weight is 1600 g/mol. The van der Waals surface area contributed by atoms with Gasteiger partial charge in [-0.05, 0) is 120 Å². The van der Waals surface area contributed by atoms with Crippen molar-refractivity contribution in [1.82, 2.24) is 45.0 Å². The van der Waals surface area contributed by atoms with Crippen LogP contribution in [-0.4, -0.2) is 228 Å². The van der Waals surface area contributed by atoms with E-state index in [-0.39, 0.29) is 152 Å². The number of carbonyl (C=O) groups excluding carboxylic acids is 12. The number of hydrogen-bond donors (Lipinski definition) is 5. The van der Waals surface area contributed by atoms with E-state index in [0.717, 1.165) is 30.7 Å². The Morgan fingerprint density at radius 2 is 1.39 bits per heavy atom. The van der Waals surface area contributed by atoms with Gasteiger partial charge < -0.3 is 60.8 Å². The van der Waals surface area contributed by atoms with Crippen molar-refractivity contribution in [1.29, 1.82) is 0 Å². The predicted molar refractivity (Wildman–Crippen MR) is 441 cm³/mol. The van der Waals surface area contributed by atoms with Crippen molar-refractivity contribution in [3.05, 3.63) is 82.3 Å². The van der Waals surface area contributed by atoms with Gasteiger partial charge in [-0.15, -0.1) is 11.3 Å². The van der Waals surface area contributed by atoms with Crippen LogP contribution in [0.15, 0.2) is 66.2 Å². The molecule has 6 rings (SSSR count). The summed E-state index contributed by atoms with van der Waals surface area (Å²) in [5.74, 6) is -4.65. The van der Waals surface area contributed by atoms with Crippen LogP contribution >= 0.6 is 11.3 Å². The number of aliphatic hydroxyl groups excluding tert-OH is 1. The SMILES string of the molecule is CC(=O)[C@@H](CC(=O)[C@H](C(C)C)N(C)C(=O)OC(C(=O)N1CCN(C)CC1)c1ccc(NC(=O)[C@H](CCCNC(N)=O)CC(=O)[C@@H](NC(=O)CCCCCN2C(=O)CCC2=O)C(C)C)cc1)C(C)C.CC(C)(C)C.CC[C@H](C)[C@@H]([C@@H](CC(=O)N1CCC[C@H]1[C@H](CO)[C@@H](C)C(=O)C[C@@H](Cc1ccccc1)c1nccs1)OC)N(C)C. The highest BCUT2D eigenvalue weighted by Crippen LogP contribution is 2.36. The van der Waals surface area contributed by atoms with Gasteiger partial charge in [0, 0.05) is 170 Å². The number of hydrogen-bond acceptors (Lipinski definition) is 19. The molecule has 632 valence electrons. The second-order valence-electron chi connectivity index (χ2n) is 34.0. The molecule has 0 bridgehead atoms. The Bertz CT molecular complexity index is 3480. The van der Waals surface area contributed by atoms with Crippen molar-refractivity contribution in [2.45, 2.75) is 242 Å². The number of rotatable bonds is 43. The van der Waals surface area contributed by atoms with Gasteiger partial charge in [-0.1, -0.05) is 145 Å². The minimum atomic E-state index is -1.40. The number of nitrogens with zero attached hydrogens (tertiary/aromatic N) is 7. The minimum Gasteiger partial charge on any atom is -0.431 e. The number of likely N-dealkylation sites (tertiary alicyclic amines) is 2. The second kappa shape index (κ2) is 48.5. The van der Waals surface area contributed by atoms with Crippen molar-refractivity contribution in [3.63, 3.8) is 0 Å². The molecule has 6 N–H and O–H groups in total. The average Bonchev–Trinajstić information content (AvgIpc) is 1.69. The topological polar surface area (TPSA) is 338 Å². The van der Waals surface area contributed by atoms with Crippen LogP contribution in [0.25, 0.3) is 0 Å². The molecule has 3 aromatic rings. The fourth-order valence-corrected chi connectivity index (χ4v) is 15.9. The summed E-state index contributed by atoms with van der Waals surface area (Å²) in [6.07, 6.45) is 5.83. The van der Waals surface area contributed by atoms with E-state index in [9.17, 15) is 62.6 Å². The first-order valence-corrected chi connectivity index (χ1v) is 41.7. The molecule has 1 aromatic heterocycles. The van der Waals surface area contributed by atoms with E-state index in [1.165, 1.54) is 29.3 Å². The second-order valence-corrected chi connectivity index (χ2v) is 34.9. The largest absolute Gasteiger partial charge is 0.431 e. The molecule has 0 spiro atoms. The molecule has 4 heterocycles. The fourth-order valence-electron chi connectivity index (χ4n) is 15.2. The molecule has 1 unspecified atom stereocenters. The number of methoxy groups -OCH3 is 1. The number of benzene rings is 2. The summed E-state index contributed by atoms with van der Waals surface area (Å²) in [5, 5.41) is 21.6. The van der Waals surface area contributed by atoms with E-state index in [1.807, 2.05) is 70.4 Å². The van der Waals surface area contributed by atoms with E-state index >= 15 is 0 Å². The Labute approximate surface area is 677 Å². The molecule has 3 aliphatic rings. The number of aliphatic hydroxyl groups is 1. The number of ketones is 4. The first-order chi connectivity index (χ1) is 53.2. The lowest BCUT2D eigenvalue weighted by atomic mass is 9.80. The number of ether oxygens (including phenoxy) is 2. The monoisotopic (exact) mass is 1600 g/mol. The molecule has 27 heteroatoms. The van der Waals surface area contributed by atoms with Crippen LogP contribution in [-0.2, 0) is 63.8 Å². The number of imide groups is 1. The number of amides is 9. The molecular formula is C86H137N11O15S. The number of primary amides is 1. The Hall–Kier alpha value is -7.85. The predicted octanol–water partition coefficient (Wildman–Crippen LogP) is 11.3. The lowest BCUT2D eigenvalue weighted by Crippen LogP contribution is -2.50. The summed E-state index contributed by atoms with van der Waals surface area (Å²) >= 11 is 1.58. The summed E-state index contributed by atoms with van der Waals surface area (Å²) in [4.78, 5) is 172. The molecule has 9 amide bonds. The fraction of sp³-hybridized carbons (Fsp3) is 0.686. The van der Waals surface area contributed by atoms with Crippen molar-refractivity contribution in [2.75, 3.05) is 93.0 Å². The van der Waals surface area contributed by atoms with Crippen molar-refractivity contribution >= 4 is 87.7 Å². The maximum Gasteiger partial charge on any atom is 0.411 e. The number of Topliss-reactive ketones (excluding diaryl/α,β-unsaturated/α-hetero) is 4. The molecule has 0 radical (unpaired) electrons. The maximum atomic E-state index is 14.2. The highest BCUT2D eigenvalue weighted by molar-refractivity contribution is 7.09. The lowest BCUT2D eigenvalue weighted by Gasteiger charge is -2.38. The Morgan fingerprint density at radius 3 is 1.92 bits per heavy atom. The maximum absolute atomic E-state index is 14.2. The van der Waals surface area contributed by atoms with E-state index in [0.29, 0.717) is 100 Å². The number of thiazole rings is 1. The smallest absolute Gasteiger partial charge is 0.411 e. The first-order valence-electron chi connectivity index (χ1n) is 40.8. The number of carbonyl (C=O) groups is 12. The summed E-state index contributed by atoms with van der Waals surface area (Å²) in [7, 11) is 9.15. The van der Waals surface area contributed by atoms with Crippen LogP contribution in [0.1, 0.15) is 221 Å². The third-order valence-corrected chi connectivity index (χ3v) is 22.6. The van der Waals surface area contributed by atoms with E-state index in [2.05, 4.69) is 84.4 Å². The Morgan fingerprint density at radius 1 is 0.761 bits per heavy atom. The molecule has 3 fully saturated rings. The van der Waals surface area contributed by atoms with E-state index in [4.69, 9.17) is 15.2 Å². The van der Waals surface area contributed by atoms with Gasteiger partial charge >= 0.3 is 12.1 Å². The standard InChI is InChI=1S/C49H76N8O11.C32H49N3O4S.C5H12/c1-30(2)37(33(7)58)29-39(60)44(32(5)6)55(9)49(67)68-45(47(65)56-26-24-54(8)25-27-56)34-16-18-36(19-17-34)52-46(64)35(14-13-22-51-48(50)66)28-38(59)43(31(3)4)53-40(61)15-11-10-12-23-57-41(62)20-21-42(57)63;1-7-22(2)31(34(4)5)29(39-6)20-30(38)35-16-11-14-27(35)26(21-36)23(3)28(37)19-25(32-33-15-17-40-32)18-24-12-9-8-10-13-24;1-5(2,3)4/h16-19,30-32,35,37,43-45H,10-15,20-29H2,1-9H3,(H,52,64)(H,53,61)(H3,50,51,66);8-10,12-13,15,17,22-23,25-27,29,31,36H,7,11,14,16,18-21H2,1-6H3;1-4H3/t35-,37+,43+,44+,45?;22-,23+,25+,26+,27-,29+,31-;/m10./s1. The van der Waals surface area contributed by atoms with Crippen LogP contribution in [0, 0.1) is 52.8 Å². The number of nitrogens with two attached hydrogens (primary N) is 1. The van der Waals surface area contributed by atoms with Crippen molar-refractivity contribution in [3.8, 4) is 0 Å². The summed E-state index contributed by atoms with van der Waals surface area (Å²) in [6.45, 7) is 30.4. The number of anilines is 1. The van der Waals surface area contributed by atoms with Gasteiger partial charge in [-0.3, -0.25) is 52.8 Å². The number of nitrogens with one attached hydrogen (secondary N) is 3. The van der Waals surface area contributed by atoms with Crippen LogP contribution in [0.5, 0.6) is 0 Å². The summed E-state index contributed by atoms with van der Waals surface area (Å²) in [6, 6.07) is 13.8. The first kappa shape index (κ1) is 97.5. The number of piperazine rings is 1. The van der Waals surface area contributed by atoms with E-state index in [1.54, 1.807) is 81.5 Å². The zero-order valence-corrected chi connectivity index (χ0v) is 72.1. The van der Waals surface area contributed by atoms with Crippen molar-refractivity contribution < 1.29 is 72.1 Å². The highest BCUT2D eigenvalue weighted by atomic mass is 32.1. The third kappa shape index (κ3) is 32.4. The van der Waals surface area contributed by atoms with Gasteiger partial charge in [0.2, 0.25) is 35.6 Å². The number of likely N-dealkylation sites (N-methyl/N-ethyl adjacent to an activating group) is 3. The van der Waals surface area contributed by atoms with Crippen molar-refractivity contribution in [2.24, 2.45) is 58.5 Å². The summed E-state index contributed by atoms with van der Waals surface area (Å²) < 4.78 is 11.8. The Kier molecular flexibility index (Phi) is 41.9. The van der Waals surface area contributed by atoms with Crippen LogP contribution in [0.2, 0.25) is 0 Å². The molecule has 2 aromatic carbocycles. The molecule has 3 aliphatic heterocycles. The molecule has 3 saturated heterocycles. The third-order valence-electron chi connectivity index (χ3n) is 21.7. The Balaban J connectivity index is 0.000000503.